The van der Waals surface area contributed by atoms with Gasteiger partial charge in [0.2, 0.25) is 11.8 Å². The number of rotatable bonds is 3. The summed E-state index contributed by atoms with van der Waals surface area (Å²) in [5.74, 6) is 0.379. The van der Waals surface area contributed by atoms with E-state index >= 15 is 0 Å². The molecule has 1 heterocycles. The molecule has 1 N–H and O–H groups in total. The van der Waals surface area contributed by atoms with E-state index in [0.29, 0.717) is 11.4 Å². The second-order valence-corrected chi connectivity index (χ2v) is 5.35. The van der Waals surface area contributed by atoms with Crippen molar-refractivity contribution >= 4 is 17.5 Å². The van der Waals surface area contributed by atoms with E-state index in [4.69, 9.17) is 4.74 Å². The minimum Gasteiger partial charge on any atom is -0.495 e. The summed E-state index contributed by atoms with van der Waals surface area (Å²) in [6, 6.07) is 5.11. The first-order valence-corrected chi connectivity index (χ1v) is 6.70. The molecule has 108 valence electrons. The Morgan fingerprint density at radius 3 is 2.65 bits per heavy atom. The largest absolute Gasteiger partial charge is 0.495 e. The van der Waals surface area contributed by atoms with Crippen molar-refractivity contribution in [2.75, 3.05) is 18.6 Å². The third-order valence-corrected chi connectivity index (χ3v) is 3.45. The van der Waals surface area contributed by atoms with E-state index in [1.807, 2.05) is 39.0 Å². The van der Waals surface area contributed by atoms with Crippen LogP contribution in [0.2, 0.25) is 0 Å². The number of piperazine rings is 1. The molecule has 5 heteroatoms. The number of nitrogens with zero attached hydrogens (tertiary/aromatic N) is 1. The van der Waals surface area contributed by atoms with Crippen molar-refractivity contribution in [2.24, 2.45) is 5.92 Å². The van der Waals surface area contributed by atoms with Gasteiger partial charge in [-0.05, 0) is 30.5 Å². The molecule has 1 atom stereocenters. The number of methoxy groups -OCH3 is 1. The van der Waals surface area contributed by atoms with Crippen molar-refractivity contribution in [3.63, 3.8) is 0 Å². The Morgan fingerprint density at radius 1 is 1.35 bits per heavy atom. The first-order chi connectivity index (χ1) is 9.45. The highest BCUT2D eigenvalue weighted by molar-refractivity contribution is 6.07. The Bertz CT molecular complexity index is 540. The topological polar surface area (TPSA) is 58.6 Å². The van der Waals surface area contributed by atoms with Crippen LogP contribution in [0.1, 0.15) is 19.4 Å². The zero-order valence-electron chi connectivity index (χ0n) is 12.3. The maximum atomic E-state index is 12.3. The van der Waals surface area contributed by atoms with Crippen LogP contribution in [0, 0.1) is 12.8 Å². The summed E-state index contributed by atoms with van der Waals surface area (Å²) >= 11 is 0. The van der Waals surface area contributed by atoms with Crippen LogP contribution in [-0.2, 0) is 9.59 Å². The summed E-state index contributed by atoms with van der Waals surface area (Å²) in [5.41, 5.74) is 1.67. The number of carbonyl (C=O) groups is 2. The van der Waals surface area contributed by atoms with Crippen molar-refractivity contribution in [1.82, 2.24) is 5.32 Å². The van der Waals surface area contributed by atoms with Crippen molar-refractivity contribution in [3.05, 3.63) is 23.8 Å². The normalized spacial score (nSPS) is 19.2. The molecule has 0 radical (unpaired) electrons. The highest BCUT2D eigenvalue weighted by atomic mass is 16.5. The lowest BCUT2D eigenvalue weighted by Crippen LogP contribution is -2.60. The molecule has 1 unspecified atom stereocenters. The summed E-state index contributed by atoms with van der Waals surface area (Å²) in [5, 5.41) is 2.64. The van der Waals surface area contributed by atoms with Crippen LogP contribution in [0.3, 0.4) is 0 Å². The number of benzene rings is 1. The number of carbonyl (C=O) groups excluding carboxylic acids is 2. The molecule has 1 aromatic carbocycles. The minimum absolute atomic E-state index is 0.0180. The molecule has 1 fully saturated rings. The van der Waals surface area contributed by atoms with Crippen LogP contribution in [-0.4, -0.2) is 31.5 Å². The van der Waals surface area contributed by atoms with Crippen LogP contribution < -0.4 is 15.0 Å². The summed E-state index contributed by atoms with van der Waals surface area (Å²) in [7, 11) is 1.56. The summed E-state index contributed by atoms with van der Waals surface area (Å²) in [6.07, 6.45) is 0. The Morgan fingerprint density at radius 2 is 2.05 bits per heavy atom. The van der Waals surface area contributed by atoms with Gasteiger partial charge in [-0.25, -0.2) is 0 Å². The second kappa shape index (κ2) is 5.53. The molecule has 1 aliphatic rings. The number of hydrogen-bond donors (Lipinski definition) is 1. The molecule has 2 rings (SSSR count). The molecule has 2 amide bonds. The van der Waals surface area contributed by atoms with Gasteiger partial charge in [-0.2, -0.15) is 0 Å². The van der Waals surface area contributed by atoms with Crippen molar-refractivity contribution in [1.29, 1.82) is 0 Å². The molecule has 1 aromatic rings. The van der Waals surface area contributed by atoms with E-state index < -0.39 is 6.04 Å². The fourth-order valence-corrected chi connectivity index (χ4v) is 2.50. The lowest BCUT2D eigenvalue weighted by molar-refractivity contribution is -0.131. The van der Waals surface area contributed by atoms with Gasteiger partial charge in [0.05, 0.1) is 19.3 Å². The predicted octanol–water partition coefficient (Wildman–Crippen LogP) is 1.49. The van der Waals surface area contributed by atoms with Crippen molar-refractivity contribution in [2.45, 2.75) is 26.8 Å². The van der Waals surface area contributed by atoms with Gasteiger partial charge < -0.3 is 10.1 Å². The quantitative estimate of drug-likeness (QED) is 0.910. The van der Waals surface area contributed by atoms with Gasteiger partial charge in [-0.15, -0.1) is 0 Å². The van der Waals surface area contributed by atoms with E-state index in [-0.39, 0.29) is 24.3 Å². The lowest BCUT2D eigenvalue weighted by Gasteiger charge is -2.37. The summed E-state index contributed by atoms with van der Waals surface area (Å²) in [6.45, 7) is 5.83. The number of anilines is 1. The second-order valence-electron chi connectivity index (χ2n) is 5.35. The van der Waals surface area contributed by atoms with Crippen LogP contribution in [0.15, 0.2) is 18.2 Å². The Labute approximate surface area is 118 Å². The van der Waals surface area contributed by atoms with Crippen LogP contribution in [0.5, 0.6) is 5.75 Å². The average molecular weight is 276 g/mol. The maximum Gasteiger partial charge on any atom is 0.247 e. The van der Waals surface area contributed by atoms with Gasteiger partial charge in [0.25, 0.3) is 0 Å². The number of ether oxygens (including phenoxy) is 1. The molecular formula is C15H20N2O3. The van der Waals surface area contributed by atoms with Crippen LogP contribution in [0.25, 0.3) is 0 Å². The number of aryl methyl sites for hydroxylation is 1. The van der Waals surface area contributed by atoms with Gasteiger partial charge in [0.1, 0.15) is 11.8 Å². The van der Waals surface area contributed by atoms with E-state index in [9.17, 15) is 9.59 Å². The molecule has 1 aliphatic heterocycles. The van der Waals surface area contributed by atoms with Crippen molar-refractivity contribution in [3.8, 4) is 5.75 Å². The molecule has 1 saturated heterocycles. The highest BCUT2D eigenvalue weighted by Crippen LogP contribution is 2.33. The Kier molecular flexibility index (Phi) is 3.97. The monoisotopic (exact) mass is 276 g/mol. The molecule has 0 bridgehead atoms. The van der Waals surface area contributed by atoms with Crippen LogP contribution >= 0.6 is 0 Å². The van der Waals surface area contributed by atoms with Gasteiger partial charge in [0.15, 0.2) is 0 Å². The first-order valence-electron chi connectivity index (χ1n) is 6.70. The van der Waals surface area contributed by atoms with E-state index in [1.165, 1.54) is 0 Å². The smallest absolute Gasteiger partial charge is 0.247 e. The van der Waals surface area contributed by atoms with Gasteiger partial charge in [-0.3, -0.25) is 14.5 Å². The highest BCUT2D eigenvalue weighted by Gasteiger charge is 2.38. The zero-order valence-corrected chi connectivity index (χ0v) is 12.3. The molecule has 20 heavy (non-hydrogen) atoms. The molecule has 0 saturated carbocycles. The average Bonchev–Trinajstić information content (AvgIpc) is 2.40. The third kappa shape index (κ3) is 2.48. The maximum absolute atomic E-state index is 12.3. The van der Waals surface area contributed by atoms with Gasteiger partial charge in [-0.1, -0.05) is 19.9 Å². The zero-order chi connectivity index (χ0) is 14.9. The number of hydrogen-bond acceptors (Lipinski definition) is 3. The van der Waals surface area contributed by atoms with E-state index in [2.05, 4.69) is 5.32 Å². The predicted molar refractivity (Wildman–Crippen MR) is 76.9 cm³/mol. The van der Waals surface area contributed by atoms with E-state index in [0.717, 1.165) is 5.56 Å². The summed E-state index contributed by atoms with van der Waals surface area (Å²) in [4.78, 5) is 26.0. The minimum atomic E-state index is -0.507. The number of amides is 2. The van der Waals surface area contributed by atoms with E-state index in [1.54, 1.807) is 12.0 Å². The SMILES string of the molecule is COc1ccc(C)cc1N1C(=O)CNC(=O)C1C(C)C. The first kappa shape index (κ1) is 14.4. The van der Waals surface area contributed by atoms with Gasteiger partial charge in [0, 0.05) is 0 Å². The summed E-state index contributed by atoms with van der Waals surface area (Å²) < 4.78 is 5.34. The number of nitrogens with one attached hydrogen (secondary N) is 1. The molecule has 5 nitrogen and oxygen atoms in total. The third-order valence-electron chi connectivity index (χ3n) is 3.45. The van der Waals surface area contributed by atoms with Gasteiger partial charge >= 0.3 is 0 Å². The molecule has 0 aromatic heterocycles. The Balaban J connectivity index is 2.53. The molecule has 0 aliphatic carbocycles. The van der Waals surface area contributed by atoms with Crippen molar-refractivity contribution < 1.29 is 14.3 Å². The molecular weight excluding hydrogens is 256 g/mol. The molecule has 0 spiro atoms. The Hall–Kier alpha value is -2.04. The lowest BCUT2D eigenvalue weighted by atomic mass is 9.98. The fourth-order valence-electron chi connectivity index (χ4n) is 2.50. The standard InChI is InChI=1S/C15H20N2O3/c1-9(2)14-15(19)16-8-13(18)17(14)11-7-10(3)5-6-12(11)20-4/h5-7,9,14H,8H2,1-4H3,(H,16,19). The fraction of sp³-hybridized carbons (Fsp3) is 0.467. The van der Waals surface area contributed by atoms with Crippen LogP contribution in [0.4, 0.5) is 5.69 Å².